The van der Waals surface area contributed by atoms with Crippen LogP contribution in [0.3, 0.4) is 0 Å². The Kier molecular flexibility index (Phi) is 5.69. The molecule has 3 aromatic carbocycles. The molecule has 2 heterocycles. The van der Waals surface area contributed by atoms with Gasteiger partial charge in [-0.1, -0.05) is 74.0 Å². The third kappa shape index (κ3) is 4.14. The van der Waals surface area contributed by atoms with Crippen molar-refractivity contribution < 1.29 is 4.79 Å². The van der Waals surface area contributed by atoms with Crippen molar-refractivity contribution in [1.82, 2.24) is 9.47 Å². The summed E-state index contributed by atoms with van der Waals surface area (Å²) in [6.07, 6.45) is 2.07. The van der Waals surface area contributed by atoms with E-state index in [-0.39, 0.29) is 12.1 Å². The average molecular weight is 456 g/mol. The Labute approximate surface area is 199 Å². The molecule has 0 unspecified atom stereocenters. The van der Waals surface area contributed by atoms with Gasteiger partial charge in [0, 0.05) is 22.6 Å². The third-order valence-electron chi connectivity index (χ3n) is 6.22. The highest BCUT2D eigenvalue weighted by atomic mass is 35.5. The van der Waals surface area contributed by atoms with Gasteiger partial charge >= 0.3 is 6.03 Å². The van der Waals surface area contributed by atoms with Crippen molar-refractivity contribution in [2.75, 3.05) is 5.32 Å². The number of para-hydroxylation sites is 1. The Hall–Kier alpha value is -3.50. The predicted molar refractivity (Wildman–Crippen MR) is 134 cm³/mol. The van der Waals surface area contributed by atoms with Crippen molar-refractivity contribution in [2.45, 2.75) is 32.4 Å². The maximum absolute atomic E-state index is 13.7. The van der Waals surface area contributed by atoms with Crippen LogP contribution in [0.25, 0.3) is 5.69 Å². The van der Waals surface area contributed by atoms with Gasteiger partial charge in [0.2, 0.25) is 0 Å². The summed E-state index contributed by atoms with van der Waals surface area (Å²) in [5.41, 5.74) is 6.28. The summed E-state index contributed by atoms with van der Waals surface area (Å²) >= 11 is 6.16. The van der Waals surface area contributed by atoms with Crippen LogP contribution in [-0.4, -0.2) is 15.5 Å². The first kappa shape index (κ1) is 21.4. The van der Waals surface area contributed by atoms with Gasteiger partial charge in [0.05, 0.1) is 18.3 Å². The standard InChI is InChI=1S/C28H26ClN3O/c1-19(2)20-12-14-21(15-13-20)27-26-11-6-16-31(26)25-10-4-3-7-22(25)18-32(27)28(33)30-24-9-5-8-23(29)17-24/h3-17,19,27H,18H2,1-2H3,(H,30,33)/t27-/m0/s1. The number of urea groups is 1. The van der Waals surface area contributed by atoms with Crippen LogP contribution in [0.2, 0.25) is 5.02 Å². The number of rotatable bonds is 3. The van der Waals surface area contributed by atoms with Gasteiger partial charge in [-0.05, 0) is 59.0 Å². The van der Waals surface area contributed by atoms with Crippen LogP contribution in [0.15, 0.2) is 91.1 Å². The number of hydrogen-bond acceptors (Lipinski definition) is 1. The normalized spacial score (nSPS) is 15.0. The number of aromatic nitrogens is 1. The predicted octanol–water partition coefficient (Wildman–Crippen LogP) is 7.39. The summed E-state index contributed by atoms with van der Waals surface area (Å²) < 4.78 is 2.20. The zero-order chi connectivity index (χ0) is 22.9. The topological polar surface area (TPSA) is 37.3 Å². The lowest BCUT2D eigenvalue weighted by Gasteiger charge is -2.31. The Morgan fingerprint density at radius 1 is 0.970 bits per heavy atom. The number of anilines is 1. The molecule has 1 atom stereocenters. The fraction of sp³-hybridized carbons (Fsp3) is 0.179. The minimum atomic E-state index is -0.243. The maximum atomic E-state index is 13.7. The van der Waals surface area contributed by atoms with E-state index in [2.05, 4.69) is 72.4 Å². The number of nitrogens with zero attached hydrogens (tertiary/aromatic N) is 2. The molecular formula is C28H26ClN3O. The van der Waals surface area contributed by atoms with E-state index >= 15 is 0 Å². The molecule has 0 bridgehead atoms. The first-order valence-electron chi connectivity index (χ1n) is 11.2. The monoisotopic (exact) mass is 455 g/mol. The number of nitrogens with one attached hydrogen (secondary N) is 1. The van der Waals surface area contributed by atoms with Crippen molar-refractivity contribution in [2.24, 2.45) is 0 Å². The zero-order valence-electron chi connectivity index (χ0n) is 18.7. The van der Waals surface area contributed by atoms with Crippen LogP contribution in [0.4, 0.5) is 10.5 Å². The number of hydrogen-bond donors (Lipinski definition) is 1. The van der Waals surface area contributed by atoms with E-state index in [4.69, 9.17) is 11.6 Å². The molecule has 0 aliphatic carbocycles. The van der Waals surface area contributed by atoms with Crippen molar-refractivity contribution in [3.05, 3.63) is 119 Å². The molecule has 1 aliphatic heterocycles. The van der Waals surface area contributed by atoms with Crippen LogP contribution >= 0.6 is 11.6 Å². The number of fused-ring (bicyclic) bond motifs is 3. The minimum absolute atomic E-state index is 0.167. The molecule has 166 valence electrons. The summed E-state index contributed by atoms with van der Waals surface area (Å²) in [6, 6.07) is 27.9. The van der Waals surface area contributed by atoms with E-state index in [1.807, 2.05) is 35.2 Å². The second-order valence-corrected chi connectivity index (χ2v) is 9.16. The fourth-order valence-electron chi connectivity index (χ4n) is 4.51. The lowest BCUT2D eigenvalue weighted by Crippen LogP contribution is -2.37. The molecule has 2 amide bonds. The third-order valence-corrected chi connectivity index (χ3v) is 6.45. The van der Waals surface area contributed by atoms with Gasteiger partial charge in [0.15, 0.2) is 0 Å². The molecule has 0 radical (unpaired) electrons. The number of carbonyl (C=O) groups is 1. The number of carbonyl (C=O) groups excluding carboxylic acids is 1. The first-order valence-corrected chi connectivity index (χ1v) is 11.6. The highest BCUT2D eigenvalue weighted by Crippen LogP contribution is 2.37. The maximum Gasteiger partial charge on any atom is 0.322 e. The van der Waals surface area contributed by atoms with Crippen molar-refractivity contribution in [1.29, 1.82) is 0 Å². The fourth-order valence-corrected chi connectivity index (χ4v) is 4.71. The summed E-state index contributed by atoms with van der Waals surface area (Å²) in [5.74, 6) is 0.448. The lowest BCUT2D eigenvalue weighted by atomic mass is 9.97. The van der Waals surface area contributed by atoms with Crippen LogP contribution in [0.1, 0.15) is 48.2 Å². The highest BCUT2D eigenvalue weighted by molar-refractivity contribution is 6.30. The number of amides is 2. The minimum Gasteiger partial charge on any atom is -0.318 e. The molecule has 0 fully saturated rings. The smallest absolute Gasteiger partial charge is 0.318 e. The van der Waals surface area contributed by atoms with Gasteiger partial charge in [-0.3, -0.25) is 0 Å². The molecule has 1 aromatic heterocycles. The zero-order valence-corrected chi connectivity index (χ0v) is 19.5. The Balaban J connectivity index is 1.61. The van der Waals surface area contributed by atoms with E-state index in [1.54, 1.807) is 12.1 Å². The summed E-state index contributed by atoms with van der Waals surface area (Å²) in [4.78, 5) is 15.6. The molecule has 0 spiro atoms. The Morgan fingerprint density at radius 2 is 1.76 bits per heavy atom. The van der Waals surface area contributed by atoms with Crippen LogP contribution in [-0.2, 0) is 6.54 Å². The molecule has 0 saturated heterocycles. The Bertz CT molecular complexity index is 1290. The molecular weight excluding hydrogens is 430 g/mol. The largest absolute Gasteiger partial charge is 0.322 e. The van der Waals surface area contributed by atoms with Gasteiger partial charge in [-0.15, -0.1) is 0 Å². The first-order chi connectivity index (χ1) is 16.0. The molecule has 5 rings (SSSR count). The molecule has 1 N–H and O–H groups in total. The van der Waals surface area contributed by atoms with E-state index in [0.29, 0.717) is 23.2 Å². The van der Waals surface area contributed by atoms with E-state index < -0.39 is 0 Å². The quantitative estimate of drug-likeness (QED) is 0.343. The summed E-state index contributed by atoms with van der Waals surface area (Å²) in [6.45, 7) is 4.86. The molecule has 4 aromatic rings. The second-order valence-electron chi connectivity index (χ2n) is 8.72. The van der Waals surface area contributed by atoms with Gasteiger partial charge in [-0.25, -0.2) is 4.79 Å². The van der Waals surface area contributed by atoms with E-state index in [9.17, 15) is 4.79 Å². The SMILES string of the molecule is CC(C)c1ccc([C@H]2c3cccn3-c3ccccc3CN2C(=O)Nc2cccc(Cl)c2)cc1. The summed E-state index contributed by atoms with van der Waals surface area (Å²) in [5, 5.41) is 3.64. The number of halogens is 1. The van der Waals surface area contributed by atoms with Crippen LogP contribution in [0, 0.1) is 0 Å². The van der Waals surface area contributed by atoms with Gasteiger partial charge in [0.25, 0.3) is 0 Å². The van der Waals surface area contributed by atoms with Crippen LogP contribution < -0.4 is 5.32 Å². The molecule has 33 heavy (non-hydrogen) atoms. The average Bonchev–Trinajstić information content (AvgIpc) is 3.23. The summed E-state index contributed by atoms with van der Waals surface area (Å²) in [7, 11) is 0. The molecule has 4 nitrogen and oxygen atoms in total. The molecule has 1 aliphatic rings. The van der Waals surface area contributed by atoms with Gasteiger partial charge < -0.3 is 14.8 Å². The second kappa shape index (κ2) is 8.80. The van der Waals surface area contributed by atoms with E-state index in [0.717, 1.165) is 22.5 Å². The van der Waals surface area contributed by atoms with Crippen molar-refractivity contribution in [3.8, 4) is 5.69 Å². The van der Waals surface area contributed by atoms with Gasteiger partial charge in [-0.2, -0.15) is 0 Å². The van der Waals surface area contributed by atoms with Gasteiger partial charge in [0.1, 0.15) is 0 Å². The molecule has 0 saturated carbocycles. The van der Waals surface area contributed by atoms with Crippen molar-refractivity contribution in [3.63, 3.8) is 0 Å². The molecule has 5 heteroatoms. The van der Waals surface area contributed by atoms with Crippen molar-refractivity contribution >= 4 is 23.3 Å². The Morgan fingerprint density at radius 3 is 2.52 bits per heavy atom. The number of benzene rings is 3. The van der Waals surface area contributed by atoms with Crippen LogP contribution in [0.5, 0.6) is 0 Å². The highest BCUT2D eigenvalue weighted by Gasteiger charge is 2.33. The van der Waals surface area contributed by atoms with E-state index in [1.165, 1.54) is 5.56 Å². The lowest BCUT2D eigenvalue weighted by molar-refractivity contribution is 0.194.